The average Bonchev–Trinajstić information content (AvgIpc) is 2.91. The van der Waals surface area contributed by atoms with Crippen molar-refractivity contribution in [3.63, 3.8) is 0 Å². The third-order valence-electron chi connectivity index (χ3n) is 3.24. The van der Waals surface area contributed by atoms with Crippen LogP contribution in [-0.2, 0) is 0 Å². The van der Waals surface area contributed by atoms with Crippen molar-refractivity contribution < 1.29 is 4.79 Å². The van der Waals surface area contributed by atoms with Gasteiger partial charge < -0.3 is 0 Å². The summed E-state index contributed by atoms with van der Waals surface area (Å²) in [6, 6.07) is 9.25. The summed E-state index contributed by atoms with van der Waals surface area (Å²) in [4.78, 5) is 15.5. The van der Waals surface area contributed by atoms with Crippen molar-refractivity contribution in [1.29, 1.82) is 0 Å². The molecule has 1 atom stereocenters. The van der Waals surface area contributed by atoms with Crippen molar-refractivity contribution in [3.8, 4) is 0 Å². The van der Waals surface area contributed by atoms with E-state index in [1.54, 1.807) is 29.5 Å². The number of thiophene rings is 1. The number of Topliss-reactive ketones (excluding diaryl/α,β-unsaturated/α-hetero) is 1. The van der Waals surface area contributed by atoms with Gasteiger partial charge in [-0.15, -0.1) is 11.3 Å². The van der Waals surface area contributed by atoms with Gasteiger partial charge in [0.05, 0.1) is 11.6 Å². The lowest BCUT2D eigenvalue weighted by Crippen LogP contribution is -2.28. The Hall–Kier alpha value is -0.870. The first-order valence-electron chi connectivity index (χ1n) is 6.21. The number of likely N-dealkylation sites (N-methyl/N-ethyl adjacent to an activating group) is 1. The summed E-state index contributed by atoms with van der Waals surface area (Å²) in [6.07, 6.45) is 0. The Bertz CT molecular complexity index is 598. The van der Waals surface area contributed by atoms with Crippen LogP contribution in [0.1, 0.15) is 28.2 Å². The largest absolute Gasteiger partial charge is 0.293 e. The van der Waals surface area contributed by atoms with E-state index in [2.05, 4.69) is 13.0 Å². The molecule has 5 heteroatoms. The zero-order valence-electron chi connectivity index (χ0n) is 11.3. The van der Waals surface area contributed by atoms with Crippen molar-refractivity contribution in [2.75, 3.05) is 13.6 Å². The molecule has 2 aromatic rings. The first-order valence-corrected chi connectivity index (χ1v) is 7.84. The predicted octanol–water partition coefficient (Wildman–Crippen LogP) is 4.93. The highest BCUT2D eigenvalue weighted by Gasteiger charge is 2.18. The van der Waals surface area contributed by atoms with E-state index in [1.807, 2.05) is 23.4 Å². The molecule has 0 amide bonds. The van der Waals surface area contributed by atoms with Crippen molar-refractivity contribution in [1.82, 2.24) is 4.90 Å². The van der Waals surface area contributed by atoms with Gasteiger partial charge in [0.1, 0.15) is 0 Å². The van der Waals surface area contributed by atoms with Crippen LogP contribution in [0.25, 0.3) is 0 Å². The van der Waals surface area contributed by atoms with E-state index < -0.39 is 0 Å². The van der Waals surface area contributed by atoms with E-state index in [4.69, 9.17) is 23.2 Å². The second-order valence-electron chi connectivity index (χ2n) is 4.65. The van der Waals surface area contributed by atoms with Crippen LogP contribution >= 0.6 is 34.5 Å². The molecule has 0 aliphatic carbocycles. The van der Waals surface area contributed by atoms with Gasteiger partial charge in [-0.2, -0.15) is 0 Å². The number of ketones is 1. The summed E-state index contributed by atoms with van der Waals surface area (Å²) in [5.41, 5.74) is 0.515. The zero-order valence-corrected chi connectivity index (χ0v) is 13.6. The Labute approximate surface area is 132 Å². The molecule has 0 aliphatic heterocycles. The van der Waals surface area contributed by atoms with Gasteiger partial charge in [-0.1, -0.05) is 29.3 Å². The summed E-state index contributed by atoms with van der Waals surface area (Å²) in [5.74, 6) is -0.00225. The minimum absolute atomic E-state index is 0.00225. The Balaban J connectivity index is 2.07. The molecule has 1 unspecified atom stereocenters. The molecule has 0 spiro atoms. The SMILES string of the molecule is CC(c1cccs1)N(C)CC(=O)c1ccc(Cl)cc1Cl. The molecule has 20 heavy (non-hydrogen) atoms. The van der Waals surface area contributed by atoms with E-state index in [0.29, 0.717) is 22.2 Å². The number of carbonyl (C=O) groups is 1. The van der Waals surface area contributed by atoms with Crippen molar-refractivity contribution in [2.24, 2.45) is 0 Å². The van der Waals surface area contributed by atoms with Gasteiger partial charge >= 0.3 is 0 Å². The molecule has 2 nitrogen and oxygen atoms in total. The Morgan fingerprint density at radius 1 is 1.35 bits per heavy atom. The van der Waals surface area contributed by atoms with Gasteiger partial charge in [0.2, 0.25) is 0 Å². The number of rotatable bonds is 5. The molecule has 1 heterocycles. The molecule has 1 aromatic carbocycles. The van der Waals surface area contributed by atoms with Crippen molar-refractivity contribution in [3.05, 3.63) is 56.2 Å². The minimum Gasteiger partial charge on any atom is -0.293 e. The van der Waals surface area contributed by atoms with Gasteiger partial charge in [-0.05, 0) is 43.6 Å². The highest BCUT2D eigenvalue weighted by Crippen LogP contribution is 2.25. The van der Waals surface area contributed by atoms with Crippen LogP contribution in [0.2, 0.25) is 10.0 Å². The Kier molecular flexibility index (Phi) is 5.22. The normalized spacial score (nSPS) is 12.7. The van der Waals surface area contributed by atoms with E-state index in [1.165, 1.54) is 4.88 Å². The fourth-order valence-electron chi connectivity index (χ4n) is 1.91. The van der Waals surface area contributed by atoms with Crippen LogP contribution in [0.3, 0.4) is 0 Å². The topological polar surface area (TPSA) is 20.3 Å². The summed E-state index contributed by atoms with van der Waals surface area (Å²) < 4.78 is 0. The van der Waals surface area contributed by atoms with E-state index >= 15 is 0 Å². The lowest BCUT2D eigenvalue weighted by atomic mass is 10.1. The maximum Gasteiger partial charge on any atom is 0.178 e. The van der Waals surface area contributed by atoms with Crippen LogP contribution in [0.5, 0.6) is 0 Å². The number of benzene rings is 1. The second-order valence-corrected chi connectivity index (χ2v) is 6.48. The monoisotopic (exact) mass is 327 g/mol. The van der Waals surface area contributed by atoms with Gasteiger partial charge in [-0.25, -0.2) is 0 Å². The highest BCUT2D eigenvalue weighted by atomic mass is 35.5. The van der Waals surface area contributed by atoms with E-state index in [-0.39, 0.29) is 11.8 Å². The van der Waals surface area contributed by atoms with Crippen molar-refractivity contribution in [2.45, 2.75) is 13.0 Å². The zero-order chi connectivity index (χ0) is 14.7. The predicted molar refractivity (Wildman–Crippen MR) is 86.2 cm³/mol. The van der Waals surface area contributed by atoms with Crippen molar-refractivity contribution >= 4 is 40.3 Å². The first kappa shape index (κ1) is 15.5. The molecule has 1 aromatic heterocycles. The molecule has 0 N–H and O–H groups in total. The standard InChI is InChI=1S/C15H15Cl2NOS/c1-10(15-4-3-7-20-15)18(2)9-14(19)12-6-5-11(16)8-13(12)17/h3-8,10H,9H2,1-2H3. The van der Waals surface area contributed by atoms with Gasteiger partial charge in [0, 0.05) is 21.5 Å². The molecule has 0 aliphatic rings. The third-order valence-corrected chi connectivity index (χ3v) is 4.83. The lowest BCUT2D eigenvalue weighted by molar-refractivity contribution is 0.0926. The van der Waals surface area contributed by atoms with Crippen LogP contribution in [0, 0.1) is 0 Å². The first-order chi connectivity index (χ1) is 9.49. The maximum atomic E-state index is 12.3. The summed E-state index contributed by atoms with van der Waals surface area (Å²) in [7, 11) is 1.94. The number of hydrogen-bond donors (Lipinski definition) is 0. The van der Waals surface area contributed by atoms with Gasteiger partial charge in [0.25, 0.3) is 0 Å². The molecule has 0 fully saturated rings. The van der Waals surface area contributed by atoms with Crippen LogP contribution in [0.15, 0.2) is 35.7 Å². The smallest absolute Gasteiger partial charge is 0.178 e. The quantitative estimate of drug-likeness (QED) is 0.725. The fraction of sp³-hybridized carbons (Fsp3) is 0.267. The summed E-state index contributed by atoms with van der Waals surface area (Å²) in [5, 5.41) is 2.98. The number of nitrogens with zero attached hydrogens (tertiary/aromatic N) is 1. The highest BCUT2D eigenvalue weighted by molar-refractivity contribution is 7.10. The average molecular weight is 328 g/mol. The molecule has 2 rings (SSSR count). The molecule has 0 bridgehead atoms. The van der Waals surface area contributed by atoms with E-state index in [0.717, 1.165) is 0 Å². The minimum atomic E-state index is -0.00225. The van der Waals surface area contributed by atoms with Gasteiger partial charge in [0.15, 0.2) is 5.78 Å². The van der Waals surface area contributed by atoms with Crippen LogP contribution < -0.4 is 0 Å². The van der Waals surface area contributed by atoms with Crippen LogP contribution in [0.4, 0.5) is 0 Å². The fourth-order valence-corrected chi connectivity index (χ4v) is 3.27. The molecule has 0 radical (unpaired) electrons. The molecule has 106 valence electrons. The number of hydrogen-bond acceptors (Lipinski definition) is 3. The number of halogens is 2. The summed E-state index contributed by atoms with van der Waals surface area (Å²) >= 11 is 13.6. The lowest BCUT2D eigenvalue weighted by Gasteiger charge is -2.23. The molecule has 0 saturated heterocycles. The summed E-state index contributed by atoms with van der Waals surface area (Å²) in [6.45, 7) is 2.41. The second kappa shape index (κ2) is 6.72. The van der Waals surface area contributed by atoms with Gasteiger partial charge in [-0.3, -0.25) is 9.69 Å². The third kappa shape index (κ3) is 3.61. The van der Waals surface area contributed by atoms with E-state index in [9.17, 15) is 4.79 Å². The maximum absolute atomic E-state index is 12.3. The Morgan fingerprint density at radius 2 is 2.10 bits per heavy atom. The molecule has 0 saturated carbocycles. The number of carbonyl (C=O) groups excluding carboxylic acids is 1. The molecular weight excluding hydrogens is 313 g/mol. The Morgan fingerprint density at radius 3 is 2.70 bits per heavy atom. The van der Waals surface area contributed by atoms with Crippen LogP contribution in [-0.4, -0.2) is 24.3 Å². The molecular formula is C15H15Cl2NOS.